The van der Waals surface area contributed by atoms with Gasteiger partial charge in [-0.2, -0.15) is 4.37 Å². The van der Waals surface area contributed by atoms with Crippen LogP contribution in [0.25, 0.3) is 0 Å². The maximum Gasteiger partial charge on any atom is 0.257 e. The molecule has 1 atom stereocenters. The zero-order valence-electron chi connectivity index (χ0n) is 11.6. The summed E-state index contributed by atoms with van der Waals surface area (Å²) in [5, 5.41) is 6.46. The van der Waals surface area contributed by atoms with E-state index in [4.69, 9.17) is 10.5 Å². The largest absolute Gasteiger partial charge is 0.488 e. The van der Waals surface area contributed by atoms with Gasteiger partial charge in [0, 0.05) is 13.5 Å². The maximum absolute atomic E-state index is 11.8. The van der Waals surface area contributed by atoms with Crippen LogP contribution in [-0.2, 0) is 6.42 Å². The fourth-order valence-corrected chi connectivity index (χ4v) is 3.06. The fraction of sp³-hybridized carbons (Fsp3) is 0.286. The summed E-state index contributed by atoms with van der Waals surface area (Å²) in [6.07, 6.45) is 0.899. The van der Waals surface area contributed by atoms with Gasteiger partial charge >= 0.3 is 0 Å². The van der Waals surface area contributed by atoms with Crippen molar-refractivity contribution in [2.24, 2.45) is 0 Å². The molecule has 0 saturated heterocycles. The molecule has 0 radical (unpaired) electrons. The Morgan fingerprint density at radius 1 is 1.52 bits per heavy atom. The van der Waals surface area contributed by atoms with E-state index >= 15 is 0 Å². The molecule has 1 aromatic carbocycles. The van der Waals surface area contributed by atoms with Gasteiger partial charge in [-0.1, -0.05) is 18.2 Å². The lowest BCUT2D eigenvalue weighted by atomic mass is 10.1. The molecule has 7 heteroatoms. The molecule has 4 N–H and O–H groups in total. The van der Waals surface area contributed by atoms with Crippen LogP contribution in [0, 0.1) is 0 Å². The summed E-state index contributed by atoms with van der Waals surface area (Å²) in [6.45, 7) is 0.598. The highest BCUT2D eigenvalue weighted by Crippen LogP contribution is 2.30. The Labute approximate surface area is 126 Å². The molecule has 1 aliphatic rings. The lowest BCUT2D eigenvalue weighted by molar-refractivity contribution is 0.0965. The number of amides is 1. The standard InChI is InChI=1S/C14H16N4O2S/c1-16-13(19)11-12(15)18-21-14(11)17-7-9-6-8-4-2-3-5-10(8)20-9/h2-5,9,17H,6-7H2,1H3,(H2,15,18)(H,16,19). The average molecular weight is 304 g/mol. The third kappa shape index (κ3) is 2.64. The zero-order valence-corrected chi connectivity index (χ0v) is 12.4. The van der Waals surface area contributed by atoms with Crippen LogP contribution in [0.2, 0.25) is 0 Å². The molecule has 110 valence electrons. The molecule has 1 amide bonds. The number of nitrogens with one attached hydrogen (secondary N) is 2. The monoisotopic (exact) mass is 304 g/mol. The van der Waals surface area contributed by atoms with Gasteiger partial charge in [-0.05, 0) is 23.2 Å². The molecule has 21 heavy (non-hydrogen) atoms. The van der Waals surface area contributed by atoms with Gasteiger partial charge in [-0.15, -0.1) is 0 Å². The number of hydrogen-bond donors (Lipinski definition) is 3. The van der Waals surface area contributed by atoms with Crippen molar-refractivity contribution >= 4 is 28.3 Å². The number of anilines is 2. The number of nitrogens with zero attached hydrogens (tertiary/aromatic N) is 1. The van der Waals surface area contributed by atoms with Crippen molar-refractivity contribution in [3.8, 4) is 5.75 Å². The number of hydrogen-bond acceptors (Lipinski definition) is 6. The molecule has 0 spiro atoms. The quantitative estimate of drug-likeness (QED) is 0.796. The zero-order chi connectivity index (χ0) is 14.8. The second-order valence-electron chi connectivity index (χ2n) is 4.78. The van der Waals surface area contributed by atoms with Crippen LogP contribution in [0.5, 0.6) is 5.75 Å². The maximum atomic E-state index is 11.8. The number of carbonyl (C=O) groups excluding carboxylic acids is 1. The van der Waals surface area contributed by atoms with Gasteiger partial charge in [0.15, 0.2) is 5.82 Å². The van der Waals surface area contributed by atoms with E-state index < -0.39 is 0 Å². The summed E-state index contributed by atoms with van der Waals surface area (Å²) in [5.41, 5.74) is 7.35. The van der Waals surface area contributed by atoms with Crippen LogP contribution < -0.4 is 21.1 Å². The Balaban J connectivity index is 1.66. The third-order valence-electron chi connectivity index (χ3n) is 3.38. The minimum atomic E-state index is -0.237. The molecule has 0 bridgehead atoms. The number of nitrogens with two attached hydrogens (primary N) is 1. The summed E-state index contributed by atoms with van der Waals surface area (Å²) >= 11 is 1.18. The van der Waals surface area contributed by atoms with Crippen LogP contribution in [0.1, 0.15) is 15.9 Å². The second-order valence-corrected chi connectivity index (χ2v) is 5.56. The first kappa shape index (κ1) is 13.7. The van der Waals surface area contributed by atoms with Gasteiger partial charge in [-0.3, -0.25) is 4.79 Å². The number of fused-ring (bicyclic) bond motifs is 1. The molecule has 0 fully saturated rings. The van der Waals surface area contributed by atoms with E-state index in [1.165, 1.54) is 17.1 Å². The smallest absolute Gasteiger partial charge is 0.257 e. The number of rotatable bonds is 4. The van der Waals surface area contributed by atoms with Crippen LogP contribution in [0.4, 0.5) is 10.8 Å². The van der Waals surface area contributed by atoms with Crippen LogP contribution in [0.15, 0.2) is 24.3 Å². The van der Waals surface area contributed by atoms with Crippen LogP contribution >= 0.6 is 11.5 Å². The van der Waals surface area contributed by atoms with E-state index in [0.29, 0.717) is 17.1 Å². The van der Waals surface area contributed by atoms with Gasteiger partial charge in [-0.25, -0.2) is 0 Å². The highest BCUT2D eigenvalue weighted by atomic mass is 32.1. The van der Waals surface area contributed by atoms with E-state index in [2.05, 4.69) is 21.1 Å². The number of nitrogen functional groups attached to an aromatic ring is 1. The van der Waals surface area contributed by atoms with E-state index in [0.717, 1.165) is 12.2 Å². The summed E-state index contributed by atoms with van der Waals surface area (Å²) in [5.74, 6) is 0.941. The van der Waals surface area contributed by atoms with Crippen molar-refractivity contribution in [3.05, 3.63) is 35.4 Å². The topological polar surface area (TPSA) is 89.3 Å². The summed E-state index contributed by atoms with van der Waals surface area (Å²) in [7, 11) is 1.57. The predicted octanol–water partition coefficient (Wildman–Crippen LogP) is 1.50. The normalized spacial score (nSPS) is 16.1. The average Bonchev–Trinajstić information content (AvgIpc) is 3.07. The van der Waals surface area contributed by atoms with Gasteiger partial charge in [0.2, 0.25) is 0 Å². The number of para-hydroxylation sites is 1. The van der Waals surface area contributed by atoms with Gasteiger partial charge in [0.25, 0.3) is 5.91 Å². The number of ether oxygens (including phenoxy) is 1. The molecular weight excluding hydrogens is 288 g/mol. The molecule has 1 aromatic heterocycles. The van der Waals surface area contributed by atoms with Gasteiger partial charge in [0.1, 0.15) is 22.4 Å². The summed E-state index contributed by atoms with van der Waals surface area (Å²) in [4.78, 5) is 11.8. The second kappa shape index (κ2) is 5.61. The molecule has 6 nitrogen and oxygen atoms in total. The van der Waals surface area contributed by atoms with Crippen molar-refractivity contribution in [1.29, 1.82) is 0 Å². The molecule has 3 rings (SSSR count). The summed E-state index contributed by atoms with van der Waals surface area (Å²) < 4.78 is 9.88. The first-order valence-corrected chi connectivity index (χ1v) is 7.42. The third-order valence-corrected chi connectivity index (χ3v) is 4.20. The molecule has 2 aromatic rings. The Morgan fingerprint density at radius 2 is 2.33 bits per heavy atom. The Kier molecular flexibility index (Phi) is 3.66. The summed E-state index contributed by atoms with van der Waals surface area (Å²) in [6, 6.07) is 8.00. The molecule has 2 heterocycles. The van der Waals surface area contributed by atoms with Gasteiger partial charge < -0.3 is 21.1 Å². The fourth-order valence-electron chi connectivity index (χ4n) is 2.34. The molecule has 0 saturated carbocycles. The molecule has 1 aliphatic heterocycles. The van der Waals surface area contributed by atoms with Crippen molar-refractivity contribution in [1.82, 2.24) is 9.69 Å². The van der Waals surface area contributed by atoms with Crippen molar-refractivity contribution in [2.75, 3.05) is 24.6 Å². The van der Waals surface area contributed by atoms with E-state index in [9.17, 15) is 4.79 Å². The Bertz CT molecular complexity index is 646. The SMILES string of the molecule is CNC(=O)c1c(N)nsc1NCC1Cc2ccccc2O1. The van der Waals surface area contributed by atoms with Gasteiger partial charge in [0.05, 0.1) is 6.54 Å². The van der Waals surface area contributed by atoms with Crippen molar-refractivity contribution in [3.63, 3.8) is 0 Å². The van der Waals surface area contributed by atoms with Crippen molar-refractivity contribution < 1.29 is 9.53 Å². The minimum absolute atomic E-state index is 0.0447. The number of carbonyl (C=O) groups is 1. The predicted molar refractivity (Wildman–Crippen MR) is 83.0 cm³/mol. The van der Waals surface area contributed by atoms with E-state index in [1.54, 1.807) is 7.05 Å². The Hall–Kier alpha value is -2.28. The lowest BCUT2D eigenvalue weighted by Crippen LogP contribution is -2.25. The first-order chi connectivity index (χ1) is 10.2. The first-order valence-electron chi connectivity index (χ1n) is 6.64. The highest BCUT2D eigenvalue weighted by molar-refractivity contribution is 7.11. The van der Waals surface area contributed by atoms with Crippen LogP contribution in [-0.4, -0.2) is 30.0 Å². The molecule has 1 unspecified atom stereocenters. The molecule has 0 aliphatic carbocycles. The van der Waals surface area contributed by atoms with Crippen molar-refractivity contribution in [2.45, 2.75) is 12.5 Å². The van der Waals surface area contributed by atoms with E-state index in [1.807, 2.05) is 18.2 Å². The number of benzene rings is 1. The lowest BCUT2D eigenvalue weighted by Gasteiger charge is -2.12. The molecular formula is C14H16N4O2S. The highest BCUT2D eigenvalue weighted by Gasteiger charge is 2.24. The van der Waals surface area contributed by atoms with E-state index in [-0.39, 0.29) is 17.8 Å². The van der Waals surface area contributed by atoms with Crippen LogP contribution in [0.3, 0.4) is 0 Å². The minimum Gasteiger partial charge on any atom is -0.488 e. The Morgan fingerprint density at radius 3 is 3.10 bits per heavy atom. The number of aromatic nitrogens is 1.